The van der Waals surface area contributed by atoms with Crippen molar-refractivity contribution in [3.05, 3.63) is 0 Å². The van der Waals surface area contributed by atoms with Crippen molar-refractivity contribution in [1.29, 1.82) is 0 Å². The molecule has 0 saturated heterocycles. The van der Waals surface area contributed by atoms with Crippen LogP contribution in [-0.4, -0.2) is 50.2 Å². The zero-order valence-corrected chi connectivity index (χ0v) is 12.3. The Balaban J connectivity index is 3.91. The minimum atomic E-state index is -4.82. The molecule has 0 rings (SSSR count). The summed E-state index contributed by atoms with van der Waals surface area (Å²) in [4.78, 5) is 0. The molecule has 0 unspecified atom stereocenters. The van der Waals surface area contributed by atoms with Crippen molar-refractivity contribution in [3.63, 3.8) is 0 Å². The van der Waals surface area contributed by atoms with Crippen LogP contribution in [0.3, 0.4) is 0 Å². The Kier molecular flexibility index (Phi) is 8.70. The molecule has 0 aliphatic carbocycles. The van der Waals surface area contributed by atoms with E-state index in [2.05, 4.69) is 5.32 Å². The molecule has 0 radical (unpaired) electrons. The van der Waals surface area contributed by atoms with Gasteiger partial charge in [0, 0.05) is 0 Å². The summed E-state index contributed by atoms with van der Waals surface area (Å²) in [6, 6.07) is 0. The maximum Gasteiger partial charge on any atom is 0.284 e. The number of rotatable bonds is 11. The second kappa shape index (κ2) is 8.82. The number of nitrogens with one attached hydrogen (secondary N) is 1. The van der Waals surface area contributed by atoms with Gasteiger partial charge in [0.1, 0.15) is 0 Å². The van der Waals surface area contributed by atoms with Crippen molar-refractivity contribution in [2.45, 2.75) is 36.7 Å². The minimum Gasteiger partial charge on any atom is -0.330 e. The van der Waals surface area contributed by atoms with Crippen LogP contribution < -0.4 is 11.1 Å². The lowest BCUT2D eigenvalue weighted by Gasteiger charge is -2.11. The third kappa shape index (κ3) is 9.30. The highest BCUT2D eigenvalue weighted by molar-refractivity contribution is 8.03. The van der Waals surface area contributed by atoms with Crippen molar-refractivity contribution in [3.8, 4) is 0 Å². The summed E-state index contributed by atoms with van der Waals surface area (Å²) in [6.07, 6.45) is 3.40. The Bertz CT molecular complexity index is 402. The van der Waals surface area contributed by atoms with E-state index >= 15 is 0 Å². The first kappa shape index (κ1) is 18.7. The highest BCUT2D eigenvalue weighted by Crippen LogP contribution is 2.10. The second-order valence-corrected chi connectivity index (χ2v) is 7.70. The predicted molar refractivity (Wildman–Crippen MR) is 71.9 cm³/mol. The Hall–Kier alpha value is -0.260. The molecule has 0 aromatic heterocycles. The molecule has 0 aliphatic rings. The molecule has 0 aromatic carbocycles. The van der Waals surface area contributed by atoms with Crippen molar-refractivity contribution in [2.24, 2.45) is 5.73 Å². The molecule has 8 nitrogen and oxygen atoms in total. The molecule has 116 valence electrons. The Labute approximate surface area is 114 Å². The van der Waals surface area contributed by atoms with Crippen molar-refractivity contribution in [2.75, 3.05) is 19.6 Å². The normalized spacial score (nSPS) is 13.1. The fourth-order valence-electron chi connectivity index (χ4n) is 1.54. The molecule has 0 atom stereocenters. The summed E-state index contributed by atoms with van der Waals surface area (Å²) in [7, 11) is -9.64. The lowest BCUT2D eigenvalue weighted by Crippen LogP contribution is -2.33. The zero-order chi connectivity index (χ0) is 14.9. The lowest BCUT2D eigenvalue weighted by molar-refractivity contribution is 0.447. The molecule has 0 fully saturated rings. The monoisotopic (exact) mass is 318 g/mol. The van der Waals surface area contributed by atoms with Gasteiger partial charge in [-0.25, -0.2) is 0 Å². The first-order valence-electron chi connectivity index (χ1n) is 6.03. The maximum atomic E-state index is 10.8. The third-order valence-electron chi connectivity index (χ3n) is 2.53. The van der Waals surface area contributed by atoms with Gasteiger partial charge >= 0.3 is 0 Å². The number of nitrogens with two attached hydrogens (primary N) is 1. The van der Waals surface area contributed by atoms with E-state index in [9.17, 15) is 16.8 Å². The van der Waals surface area contributed by atoms with Crippen LogP contribution in [0.2, 0.25) is 0 Å². The van der Waals surface area contributed by atoms with Crippen molar-refractivity contribution >= 4 is 20.2 Å². The van der Waals surface area contributed by atoms with E-state index < -0.39 is 31.2 Å². The molecule has 0 amide bonds. The summed E-state index contributed by atoms with van der Waals surface area (Å²) < 4.78 is 58.4. The summed E-state index contributed by atoms with van der Waals surface area (Å²) in [6.45, 7) is 1.33. The molecule has 0 heterocycles. The van der Waals surface area contributed by atoms with Gasteiger partial charge in [-0.2, -0.15) is 16.8 Å². The molecular formula is C9H22N2O6S2. The zero-order valence-electron chi connectivity index (χ0n) is 10.7. The second-order valence-electron chi connectivity index (χ2n) is 4.20. The Morgan fingerprint density at radius 1 is 0.895 bits per heavy atom. The molecule has 5 N–H and O–H groups in total. The minimum absolute atomic E-state index is 0.0706. The quantitative estimate of drug-likeness (QED) is 0.297. The van der Waals surface area contributed by atoms with Gasteiger partial charge in [0.05, 0.1) is 0 Å². The van der Waals surface area contributed by atoms with Crippen LogP contribution in [0, 0.1) is 0 Å². The number of hydrogen-bond acceptors (Lipinski definition) is 6. The topological polar surface area (TPSA) is 147 Å². The highest BCUT2D eigenvalue weighted by atomic mass is 32.3. The van der Waals surface area contributed by atoms with E-state index in [1.807, 2.05) is 0 Å². The lowest BCUT2D eigenvalue weighted by atomic mass is 10.2. The van der Waals surface area contributed by atoms with Crippen LogP contribution in [0.1, 0.15) is 32.1 Å². The van der Waals surface area contributed by atoms with Crippen LogP contribution >= 0.6 is 0 Å². The first-order valence-corrected chi connectivity index (χ1v) is 9.03. The van der Waals surface area contributed by atoms with Gasteiger partial charge in [0.15, 0.2) is 0 Å². The van der Waals surface area contributed by atoms with E-state index in [1.54, 1.807) is 0 Å². The van der Waals surface area contributed by atoms with E-state index in [1.165, 1.54) is 0 Å². The van der Waals surface area contributed by atoms with Crippen LogP contribution in [0.25, 0.3) is 0 Å². The third-order valence-corrected chi connectivity index (χ3v) is 5.79. The summed E-state index contributed by atoms with van der Waals surface area (Å²) >= 11 is 0. The van der Waals surface area contributed by atoms with Gasteiger partial charge in [0.2, 0.25) is 4.58 Å². The predicted octanol–water partition coefficient (Wildman–Crippen LogP) is -0.413. The Morgan fingerprint density at radius 3 is 1.89 bits per heavy atom. The highest BCUT2D eigenvalue weighted by Gasteiger charge is 2.34. The molecule has 0 spiro atoms. The van der Waals surface area contributed by atoms with Gasteiger partial charge in [0.25, 0.3) is 20.2 Å². The van der Waals surface area contributed by atoms with Gasteiger partial charge in [-0.1, -0.05) is 12.8 Å². The molecule has 0 aromatic rings. The van der Waals surface area contributed by atoms with Crippen molar-refractivity contribution < 1.29 is 25.9 Å². The van der Waals surface area contributed by atoms with Crippen LogP contribution in [-0.2, 0) is 20.2 Å². The standard InChI is InChI=1S/C9H22N2O6S2/c10-6-3-1-2-4-7-11-8-5-9(18(12,13)14)19(15,16)17/h9,11H,1-8,10H2,(H,12,13,14)(H,15,16,17). The van der Waals surface area contributed by atoms with E-state index in [0.29, 0.717) is 13.1 Å². The fourth-order valence-corrected chi connectivity index (χ4v) is 3.61. The largest absolute Gasteiger partial charge is 0.330 e. The van der Waals surface area contributed by atoms with Crippen LogP contribution in [0.5, 0.6) is 0 Å². The molecule has 19 heavy (non-hydrogen) atoms. The Morgan fingerprint density at radius 2 is 1.42 bits per heavy atom. The van der Waals surface area contributed by atoms with E-state index in [-0.39, 0.29) is 6.54 Å². The van der Waals surface area contributed by atoms with Crippen LogP contribution in [0.15, 0.2) is 0 Å². The van der Waals surface area contributed by atoms with Gasteiger partial charge < -0.3 is 11.1 Å². The summed E-state index contributed by atoms with van der Waals surface area (Å²) in [5.41, 5.74) is 5.33. The van der Waals surface area contributed by atoms with Crippen molar-refractivity contribution in [1.82, 2.24) is 5.32 Å². The first-order chi connectivity index (χ1) is 8.69. The van der Waals surface area contributed by atoms with Gasteiger partial charge in [-0.05, 0) is 38.9 Å². The molecule has 0 bridgehead atoms. The average molecular weight is 318 g/mol. The van der Waals surface area contributed by atoms with E-state index in [0.717, 1.165) is 25.7 Å². The van der Waals surface area contributed by atoms with E-state index in [4.69, 9.17) is 14.8 Å². The van der Waals surface area contributed by atoms with Gasteiger partial charge in [-0.3, -0.25) is 9.11 Å². The summed E-state index contributed by atoms with van der Waals surface area (Å²) in [5, 5.41) is 2.85. The summed E-state index contributed by atoms with van der Waals surface area (Å²) in [5.74, 6) is 0. The molecule has 0 saturated carbocycles. The fraction of sp³-hybridized carbons (Fsp3) is 1.00. The molecular weight excluding hydrogens is 296 g/mol. The maximum absolute atomic E-state index is 10.8. The van der Waals surface area contributed by atoms with Crippen LogP contribution in [0.4, 0.5) is 0 Å². The smallest absolute Gasteiger partial charge is 0.284 e. The molecule has 0 aliphatic heterocycles. The van der Waals surface area contributed by atoms with Gasteiger partial charge in [-0.15, -0.1) is 0 Å². The SMILES string of the molecule is NCCCCCCNCCC(S(=O)(=O)O)S(=O)(=O)O. The average Bonchev–Trinajstić information content (AvgIpc) is 2.23. The number of hydrogen-bond donors (Lipinski definition) is 4. The molecule has 10 heteroatoms. The number of unbranched alkanes of at least 4 members (excludes halogenated alkanes) is 3.